The molecule has 2 heterocycles. The Bertz CT molecular complexity index is 717. The second kappa shape index (κ2) is 8.31. The molecule has 0 radical (unpaired) electrons. The first-order valence-electron chi connectivity index (χ1n) is 8.98. The number of ether oxygens (including phenoxy) is 2. The minimum atomic E-state index is -0.0633. The number of aromatic nitrogens is 3. The zero-order valence-corrected chi connectivity index (χ0v) is 15.5. The molecule has 7 nitrogen and oxygen atoms in total. The van der Waals surface area contributed by atoms with Crippen molar-refractivity contribution < 1.29 is 14.3 Å². The fraction of sp³-hybridized carbons (Fsp3) is 0.526. The molecule has 7 heteroatoms. The lowest BCUT2D eigenvalue weighted by Crippen LogP contribution is -2.31. The molecule has 1 aromatic carbocycles. The van der Waals surface area contributed by atoms with Crippen molar-refractivity contribution in [1.82, 2.24) is 20.3 Å². The van der Waals surface area contributed by atoms with E-state index in [0.717, 1.165) is 17.0 Å². The van der Waals surface area contributed by atoms with Crippen molar-refractivity contribution in [3.63, 3.8) is 0 Å². The third-order valence-corrected chi connectivity index (χ3v) is 4.85. The third-order valence-electron chi connectivity index (χ3n) is 4.85. The summed E-state index contributed by atoms with van der Waals surface area (Å²) < 4.78 is 11.4. The zero-order chi connectivity index (χ0) is 18.5. The van der Waals surface area contributed by atoms with Crippen LogP contribution in [0.3, 0.4) is 0 Å². The van der Waals surface area contributed by atoms with Crippen LogP contribution in [0.1, 0.15) is 43.4 Å². The maximum atomic E-state index is 12.6. The van der Waals surface area contributed by atoms with Crippen LogP contribution >= 0.6 is 0 Å². The van der Waals surface area contributed by atoms with Gasteiger partial charge in [0.2, 0.25) is 5.91 Å². The molecule has 2 atom stereocenters. The van der Waals surface area contributed by atoms with E-state index in [0.29, 0.717) is 32.0 Å². The number of carbonyl (C=O) groups is 1. The highest BCUT2D eigenvalue weighted by Crippen LogP contribution is 2.29. The molecule has 0 aliphatic carbocycles. The molecule has 26 heavy (non-hydrogen) atoms. The van der Waals surface area contributed by atoms with Crippen LogP contribution in [0, 0.1) is 0 Å². The third kappa shape index (κ3) is 4.04. The van der Waals surface area contributed by atoms with Gasteiger partial charge in [-0.15, -0.1) is 0 Å². The van der Waals surface area contributed by atoms with E-state index in [1.165, 1.54) is 0 Å². The quantitative estimate of drug-likeness (QED) is 0.822. The molecular formula is C19H26N4O3. The highest BCUT2D eigenvalue weighted by atomic mass is 16.5. The van der Waals surface area contributed by atoms with E-state index in [4.69, 9.17) is 9.47 Å². The van der Waals surface area contributed by atoms with Gasteiger partial charge in [0.05, 0.1) is 36.9 Å². The monoisotopic (exact) mass is 358 g/mol. The lowest BCUT2D eigenvalue weighted by atomic mass is 10.0. The second-order valence-electron chi connectivity index (χ2n) is 6.87. The Morgan fingerprint density at radius 1 is 1.35 bits per heavy atom. The highest BCUT2D eigenvalue weighted by Gasteiger charge is 2.37. The van der Waals surface area contributed by atoms with Gasteiger partial charge in [0.25, 0.3) is 0 Å². The van der Waals surface area contributed by atoms with Crippen LogP contribution in [0.4, 0.5) is 0 Å². The Labute approximate surface area is 153 Å². The molecule has 1 fully saturated rings. The summed E-state index contributed by atoms with van der Waals surface area (Å²) in [5, 5.41) is 10.6. The number of methoxy groups -OCH3 is 1. The minimum Gasteiger partial charge on any atom is -0.493 e. The number of H-pyrrole nitrogens is 1. The van der Waals surface area contributed by atoms with E-state index in [9.17, 15) is 4.79 Å². The molecule has 1 saturated heterocycles. The molecule has 140 valence electrons. The molecule has 1 aromatic heterocycles. The number of likely N-dealkylation sites (tertiary alicyclic amines) is 1. The number of hydrogen-bond donors (Lipinski definition) is 1. The van der Waals surface area contributed by atoms with E-state index in [2.05, 4.69) is 35.3 Å². The van der Waals surface area contributed by atoms with E-state index in [-0.39, 0.29) is 17.9 Å². The number of hydrogen-bond acceptors (Lipinski definition) is 5. The van der Waals surface area contributed by atoms with Crippen LogP contribution in [0.25, 0.3) is 0 Å². The largest absolute Gasteiger partial charge is 0.493 e. The normalized spacial score (nSPS) is 19.9. The molecule has 0 saturated carbocycles. The van der Waals surface area contributed by atoms with Crippen LogP contribution in [-0.2, 0) is 9.53 Å². The van der Waals surface area contributed by atoms with E-state index in [1.54, 1.807) is 13.3 Å². The van der Waals surface area contributed by atoms with Crippen LogP contribution in [0.2, 0.25) is 0 Å². The van der Waals surface area contributed by atoms with Gasteiger partial charge in [-0.05, 0) is 17.5 Å². The number of carbonyl (C=O) groups excluding carboxylic acids is 1. The van der Waals surface area contributed by atoms with Gasteiger partial charge in [-0.2, -0.15) is 15.4 Å². The first-order valence-corrected chi connectivity index (χ1v) is 8.98. The summed E-state index contributed by atoms with van der Waals surface area (Å²) in [6.07, 6.45) is 1.97. The van der Waals surface area contributed by atoms with E-state index in [1.807, 2.05) is 23.1 Å². The number of benzene rings is 1. The molecule has 1 aliphatic heterocycles. The van der Waals surface area contributed by atoms with Gasteiger partial charge in [-0.25, -0.2) is 0 Å². The smallest absolute Gasteiger partial charge is 0.226 e. The maximum absolute atomic E-state index is 12.6. The second-order valence-corrected chi connectivity index (χ2v) is 6.87. The number of rotatable bonds is 7. The first kappa shape index (κ1) is 18.4. The Morgan fingerprint density at radius 2 is 2.15 bits per heavy atom. The average Bonchev–Trinajstić information content (AvgIpc) is 3.31. The van der Waals surface area contributed by atoms with Crippen LogP contribution in [0.15, 0.2) is 30.5 Å². The number of amides is 1. The maximum Gasteiger partial charge on any atom is 0.226 e. The molecular weight excluding hydrogens is 332 g/mol. The number of aromatic amines is 1. The van der Waals surface area contributed by atoms with Crippen molar-refractivity contribution in [3.05, 3.63) is 41.7 Å². The van der Waals surface area contributed by atoms with Gasteiger partial charge in [0, 0.05) is 20.2 Å². The predicted octanol–water partition coefficient (Wildman–Crippen LogP) is 2.34. The van der Waals surface area contributed by atoms with Gasteiger partial charge >= 0.3 is 0 Å². The summed E-state index contributed by atoms with van der Waals surface area (Å²) in [5.74, 6) is 1.35. The predicted molar refractivity (Wildman–Crippen MR) is 97.1 cm³/mol. The lowest BCUT2D eigenvalue weighted by molar-refractivity contribution is -0.131. The summed E-state index contributed by atoms with van der Waals surface area (Å²) in [4.78, 5) is 14.4. The molecule has 1 amide bonds. The van der Waals surface area contributed by atoms with Crippen LogP contribution < -0.4 is 4.74 Å². The van der Waals surface area contributed by atoms with Crippen LogP contribution in [0.5, 0.6) is 5.75 Å². The summed E-state index contributed by atoms with van der Waals surface area (Å²) in [6.45, 7) is 5.78. The van der Waals surface area contributed by atoms with E-state index < -0.39 is 0 Å². The van der Waals surface area contributed by atoms with Crippen molar-refractivity contribution in [2.75, 3.05) is 26.8 Å². The zero-order valence-electron chi connectivity index (χ0n) is 15.5. The van der Waals surface area contributed by atoms with Crippen molar-refractivity contribution in [2.45, 2.75) is 38.2 Å². The summed E-state index contributed by atoms with van der Waals surface area (Å²) in [7, 11) is 1.66. The Morgan fingerprint density at radius 3 is 2.85 bits per heavy atom. The lowest BCUT2D eigenvalue weighted by Gasteiger charge is -2.17. The topological polar surface area (TPSA) is 80.3 Å². The molecule has 0 unspecified atom stereocenters. The molecule has 2 aromatic rings. The Hall–Kier alpha value is -2.41. The summed E-state index contributed by atoms with van der Waals surface area (Å²) in [6, 6.07) is 7.98. The van der Waals surface area contributed by atoms with Gasteiger partial charge in [0.15, 0.2) is 0 Å². The average molecular weight is 358 g/mol. The first-order chi connectivity index (χ1) is 12.6. The van der Waals surface area contributed by atoms with Crippen molar-refractivity contribution in [3.8, 4) is 5.75 Å². The van der Waals surface area contributed by atoms with Gasteiger partial charge in [0.1, 0.15) is 5.75 Å². The summed E-state index contributed by atoms with van der Waals surface area (Å²) in [5.41, 5.74) is 1.99. The minimum absolute atomic E-state index is 0.0466. The van der Waals surface area contributed by atoms with Crippen molar-refractivity contribution in [2.24, 2.45) is 0 Å². The molecule has 1 aliphatic rings. The van der Waals surface area contributed by atoms with E-state index >= 15 is 0 Å². The number of nitrogens with one attached hydrogen (secondary N) is 1. The van der Waals surface area contributed by atoms with Crippen molar-refractivity contribution in [1.29, 1.82) is 0 Å². The molecule has 1 N–H and O–H groups in total. The standard InChI is InChI=1S/C19H26N4O3/c1-13(2)14-6-4-5-7-17(14)26-9-8-19(24)23-11-15(18(12-23)25-3)16-10-20-22-21-16/h4-7,10,13,15,18H,8-9,11-12H2,1-3H3,(H,20,21,22)/t15-,18+/m0/s1. The Balaban J connectivity index is 1.54. The Kier molecular flexibility index (Phi) is 5.88. The number of para-hydroxylation sites is 1. The highest BCUT2D eigenvalue weighted by molar-refractivity contribution is 5.76. The number of nitrogens with zero attached hydrogens (tertiary/aromatic N) is 3. The van der Waals surface area contributed by atoms with Crippen LogP contribution in [-0.4, -0.2) is 59.1 Å². The summed E-state index contributed by atoms with van der Waals surface area (Å²) >= 11 is 0. The van der Waals surface area contributed by atoms with Crippen molar-refractivity contribution >= 4 is 5.91 Å². The molecule has 3 rings (SSSR count). The van der Waals surface area contributed by atoms with Gasteiger partial charge < -0.3 is 14.4 Å². The fourth-order valence-corrected chi connectivity index (χ4v) is 3.38. The fourth-order valence-electron chi connectivity index (χ4n) is 3.38. The SMILES string of the molecule is CO[C@@H]1CN(C(=O)CCOc2ccccc2C(C)C)C[C@H]1c1cn[nH]n1. The molecule has 0 spiro atoms. The molecule has 0 bridgehead atoms. The van der Waals surface area contributed by atoms with Gasteiger partial charge in [-0.1, -0.05) is 32.0 Å². The van der Waals surface area contributed by atoms with Gasteiger partial charge in [-0.3, -0.25) is 4.79 Å².